The normalized spacial score (nSPS) is 15.6. The summed E-state index contributed by atoms with van der Waals surface area (Å²) in [6.45, 7) is 3.53. The lowest BCUT2D eigenvalue weighted by molar-refractivity contribution is 0.0792. The number of nitrogens with zero attached hydrogens (tertiary/aromatic N) is 4. The number of piperidine rings is 1. The molecule has 2 aromatic carbocycles. The van der Waals surface area contributed by atoms with Crippen LogP contribution in [0.1, 0.15) is 29.5 Å². The van der Waals surface area contributed by atoms with Crippen LogP contribution >= 0.6 is 0 Å². The number of anilines is 1. The minimum atomic E-state index is -0.128. The van der Waals surface area contributed by atoms with Crippen LogP contribution in [0.4, 0.5) is 5.95 Å². The lowest BCUT2D eigenvalue weighted by Gasteiger charge is -2.29. The van der Waals surface area contributed by atoms with E-state index in [0.29, 0.717) is 12.1 Å². The number of likely N-dealkylation sites (tertiary alicyclic amines) is 1. The number of nitrogens with one attached hydrogen (secondary N) is 1. The van der Waals surface area contributed by atoms with Crippen molar-refractivity contribution in [2.45, 2.75) is 32.0 Å². The van der Waals surface area contributed by atoms with Crippen LogP contribution in [0, 0.1) is 11.3 Å². The summed E-state index contributed by atoms with van der Waals surface area (Å²) in [5.41, 5.74) is 4.79. The number of aliphatic hydroxyl groups excluding tert-OH is 1. The van der Waals surface area contributed by atoms with Crippen molar-refractivity contribution >= 4 is 17.0 Å². The summed E-state index contributed by atoms with van der Waals surface area (Å²) in [6.07, 6.45) is 1.61. The molecule has 28 heavy (non-hydrogen) atoms. The molecule has 0 spiro atoms. The van der Waals surface area contributed by atoms with Crippen molar-refractivity contribution in [2.24, 2.45) is 7.05 Å². The van der Waals surface area contributed by atoms with Crippen molar-refractivity contribution in [3.63, 3.8) is 0 Å². The van der Waals surface area contributed by atoms with Crippen LogP contribution in [0.2, 0.25) is 0 Å². The molecule has 0 aliphatic carbocycles. The standard InChI is InChI=1S/C22H25N5O/c1-26-21-18(13-23)3-2-4-20(21)25-22(26)24-14-16-5-7-17(8-6-16)15-27-11-9-19(28)10-12-27/h2-8,19,28H,9-12,14-15H2,1H3,(H,24,25). The van der Waals surface area contributed by atoms with Gasteiger partial charge in [0.25, 0.3) is 0 Å². The van der Waals surface area contributed by atoms with Crippen molar-refractivity contribution in [1.29, 1.82) is 5.26 Å². The van der Waals surface area contributed by atoms with Gasteiger partial charge in [0.1, 0.15) is 6.07 Å². The van der Waals surface area contributed by atoms with Crippen LogP contribution in [0.5, 0.6) is 0 Å². The monoisotopic (exact) mass is 375 g/mol. The van der Waals surface area contributed by atoms with Crippen LogP contribution in [-0.4, -0.2) is 38.8 Å². The molecule has 1 aliphatic heterocycles. The zero-order valence-electron chi connectivity index (χ0n) is 16.1. The van der Waals surface area contributed by atoms with Crippen LogP contribution in [0.15, 0.2) is 42.5 Å². The Labute approximate surface area is 165 Å². The molecule has 0 bridgehead atoms. The largest absolute Gasteiger partial charge is 0.393 e. The number of imidazole rings is 1. The Morgan fingerprint density at radius 3 is 2.57 bits per heavy atom. The molecular formula is C22H25N5O. The van der Waals surface area contributed by atoms with Crippen LogP contribution in [0.3, 0.4) is 0 Å². The number of para-hydroxylation sites is 1. The van der Waals surface area contributed by atoms with E-state index in [9.17, 15) is 10.4 Å². The topological polar surface area (TPSA) is 77.1 Å². The molecule has 1 aliphatic rings. The molecule has 0 amide bonds. The fraction of sp³-hybridized carbons (Fsp3) is 0.364. The van der Waals surface area contributed by atoms with E-state index in [2.05, 4.69) is 45.5 Å². The highest BCUT2D eigenvalue weighted by Gasteiger charge is 2.16. The van der Waals surface area contributed by atoms with Crippen molar-refractivity contribution in [1.82, 2.24) is 14.5 Å². The maximum absolute atomic E-state index is 9.62. The van der Waals surface area contributed by atoms with Gasteiger partial charge in [0.05, 0.1) is 22.7 Å². The molecule has 0 saturated carbocycles. The molecule has 2 N–H and O–H groups in total. The highest BCUT2D eigenvalue weighted by atomic mass is 16.3. The third kappa shape index (κ3) is 3.86. The average Bonchev–Trinajstić information content (AvgIpc) is 3.05. The third-order valence-corrected chi connectivity index (χ3v) is 5.45. The van der Waals surface area contributed by atoms with Gasteiger partial charge < -0.3 is 15.0 Å². The maximum Gasteiger partial charge on any atom is 0.203 e. The number of fused-ring (bicyclic) bond motifs is 1. The van der Waals surface area contributed by atoms with Crippen molar-refractivity contribution in [2.75, 3.05) is 18.4 Å². The number of benzene rings is 2. The number of nitriles is 1. The molecule has 1 aromatic heterocycles. The van der Waals surface area contributed by atoms with Gasteiger partial charge in [0.2, 0.25) is 5.95 Å². The molecule has 6 nitrogen and oxygen atoms in total. The second kappa shape index (κ2) is 8.01. The molecule has 2 heterocycles. The van der Waals surface area contributed by atoms with Gasteiger partial charge in [0, 0.05) is 33.2 Å². The van der Waals surface area contributed by atoms with Gasteiger partial charge in [-0.1, -0.05) is 30.3 Å². The van der Waals surface area contributed by atoms with Gasteiger partial charge in [-0.2, -0.15) is 5.26 Å². The minimum Gasteiger partial charge on any atom is -0.393 e. The van der Waals surface area contributed by atoms with E-state index in [0.717, 1.165) is 49.5 Å². The highest BCUT2D eigenvalue weighted by molar-refractivity contribution is 5.84. The molecule has 0 unspecified atom stereocenters. The highest BCUT2D eigenvalue weighted by Crippen LogP contribution is 2.22. The van der Waals surface area contributed by atoms with E-state index in [-0.39, 0.29) is 6.10 Å². The number of hydrogen-bond acceptors (Lipinski definition) is 5. The van der Waals surface area contributed by atoms with E-state index in [1.54, 1.807) is 0 Å². The Kier molecular flexibility index (Phi) is 5.29. The molecule has 1 fully saturated rings. The Morgan fingerprint density at radius 2 is 1.86 bits per heavy atom. The number of aromatic nitrogens is 2. The zero-order chi connectivity index (χ0) is 19.5. The number of aliphatic hydroxyl groups is 1. The summed E-state index contributed by atoms with van der Waals surface area (Å²) in [4.78, 5) is 7.01. The quantitative estimate of drug-likeness (QED) is 0.717. The van der Waals surface area contributed by atoms with E-state index in [4.69, 9.17) is 0 Å². The lowest BCUT2D eigenvalue weighted by Crippen LogP contribution is -2.35. The fourth-order valence-electron chi connectivity index (χ4n) is 3.80. The lowest BCUT2D eigenvalue weighted by atomic mass is 10.1. The maximum atomic E-state index is 9.62. The van der Waals surface area contributed by atoms with Gasteiger partial charge in [-0.15, -0.1) is 0 Å². The van der Waals surface area contributed by atoms with Gasteiger partial charge in [0.15, 0.2) is 0 Å². The molecule has 6 heteroatoms. The van der Waals surface area contributed by atoms with Crippen molar-refractivity contribution in [3.05, 3.63) is 59.2 Å². The van der Waals surface area contributed by atoms with Crippen molar-refractivity contribution in [3.8, 4) is 6.07 Å². The molecule has 144 valence electrons. The Morgan fingerprint density at radius 1 is 1.14 bits per heavy atom. The molecular weight excluding hydrogens is 350 g/mol. The SMILES string of the molecule is Cn1c(NCc2ccc(CN3CCC(O)CC3)cc2)nc2cccc(C#N)c21. The van der Waals surface area contributed by atoms with Gasteiger partial charge in [-0.05, 0) is 36.1 Å². The molecule has 4 rings (SSSR count). The van der Waals surface area contributed by atoms with Gasteiger partial charge in [-0.3, -0.25) is 4.90 Å². The minimum absolute atomic E-state index is 0.128. The van der Waals surface area contributed by atoms with E-state index < -0.39 is 0 Å². The predicted octanol–water partition coefficient (Wildman–Crippen LogP) is 3.01. The first-order chi connectivity index (χ1) is 13.6. The summed E-state index contributed by atoms with van der Waals surface area (Å²) in [5, 5.41) is 22.3. The first kappa shape index (κ1) is 18.5. The first-order valence-corrected chi connectivity index (χ1v) is 9.71. The summed E-state index contributed by atoms with van der Waals surface area (Å²) < 4.78 is 1.94. The first-order valence-electron chi connectivity index (χ1n) is 9.71. The third-order valence-electron chi connectivity index (χ3n) is 5.45. The second-order valence-corrected chi connectivity index (χ2v) is 7.46. The van der Waals surface area contributed by atoms with Crippen molar-refractivity contribution < 1.29 is 5.11 Å². The molecule has 0 atom stereocenters. The average molecular weight is 375 g/mol. The fourth-order valence-corrected chi connectivity index (χ4v) is 3.80. The number of hydrogen-bond donors (Lipinski definition) is 2. The Bertz CT molecular complexity index is 994. The molecule has 1 saturated heterocycles. The van der Waals surface area contributed by atoms with E-state index >= 15 is 0 Å². The number of rotatable bonds is 5. The van der Waals surface area contributed by atoms with Gasteiger partial charge >= 0.3 is 0 Å². The molecule has 3 aromatic rings. The smallest absolute Gasteiger partial charge is 0.203 e. The number of aryl methyl sites for hydroxylation is 1. The van der Waals surface area contributed by atoms with Crippen LogP contribution < -0.4 is 5.32 Å². The summed E-state index contributed by atoms with van der Waals surface area (Å²) in [7, 11) is 1.93. The summed E-state index contributed by atoms with van der Waals surface area (Å²) in [5.74, 6) is 0.758. The second-order valence-electron chi connectivity index (χ2n) is 7.46. The van der Waals surface area contributed by atoms with E-state index in [1.165, 1.54) is 11.1 Å². The Hall–Kier alpha value is -2.88. The van der Waals surface area contributed by atoms with Gasteiger partial charge in [-0.25, -0.2) is 4.98 Å². The molecule has 0 radical (unpaired) electrons. The van der Waals surface area contributed by atoms with Crippen LogP contribution in [-0.2, 0) is 20.1 Å². The summed E-state index contributed by atoms with van der Waals surface area (Å²) in [6, 6.07) is 16.5. The van der Waals surface area contributed by atoms with Crippen LogP contribution in [0.25, 0.3) is 11.0 Å². The zero-order valence-corrected chi connectivity index (χ0v) is 16.1. The summed E-state index contributed by atoms with van der Waals surface area (Å²) >= 11 is 0. The van der Waals surface area contributed by atoms with E-state index in [1.807, 2.05) is 29.8 Å². The Balaban J connectivity index is 1.40. The predicted molar refractivity (Wildman–Crippen MR) is 110 cm³/mol.